The first-order chi connectivity index (χ1) is 9.17. The molecule has 0 aromatic carbocycles. The quantitative estimate of drug-likeness (QED) is 0.866. The van der Waals surface area contributed by atoms with Crippen molar-refractivity contribution >= 4 is 11.9 Å². The van der Waals surface area contributed by atoms with E-state index in [0.29, 0.717) is 12.1 Å². The molecule has 1 atom stereocenters. The highest BCUT2D eigenvalue weighted by atomic mass is 16.4. The number of carboxylic acid groups (broad SMARTS) is 1. The van der Waals surface area contributed by atoms with Crippen LogP contribution >= 0.6 is 0 Å². The van der Waals surface area contributed by atoms with Gasteiger partial charge in [-0.05, 0) is 30.9 Å². The van der Waals surface area contributed by atoms with Crippen molar-refractivity contribution in [3.63, 3.8) is 0 Å². The molecule has 0 aliphatic rings. The molecule has 20 heavy (non-hydrogen) atoms. The Morgan fingerprint density at radius 2 is 2.00 bits per heavy atom. The number of hydrogen-bond donors (Lipinski definition) is 2. The summed E-state index contributed by atoms with van der Waals surface area (Å²) in [5, 5.41) is 11.7. The predicted octanol–water partition coefficient (Wildman–Crippen LogP) is 2.40. The zero-order chi connectivity index (χ0) is 15.3. The fraction of sp³-hybridized carbons (Fsp3) is 0.533. The first-order valence-electron chi connectivity index (χ1n) is 6.64. The van der Waals surface area contributed by atoms with Crippen LogP contribution in [0.3, 0.4) is 0 Å². The number of nitrogens with zero attached hydrogens (tertiary/aromatic N) is 1. The first kappa shape index (κ1) is 16.1. The van der Waals surface area contributed by atoms with Gasteiger partial charge in [-0.3, -0.25) is 9.59 Å². The number of aliphatic carboxylic acids is 1. The number of carbonyl (C=O) groups is 2. The molecule has 0 radical (unpaired) electrons. The third-order valence-corrected chi connectivity index (χ3v) is 2.74. The Labute approximate surface area is 119 Å². The van der Waals surface area contributed by atoms with Gasteiger partial charge in [-0.2, -0.15) is 0 Å². The zero-order valence-corrected chi connectivity index (χ0v) is 12.4. The van der Waals surface area contributed by atoms with Crippen LogP contribution in [0.15, 0.2) is 18.2 Å². The molecule has 2 N–H and O–H groups in total. The molecule has 0 saturated heterocycles. The number of hydrogen-bond acceptors (Lipinski definition) is 3. The second kappa shape index (κ2) is 6.50. The standard InChI is InChI=1S/C15H22N2O3/c1-10-6-5-7-12(16-10)14(20)17-11(8-13(18)19)9-15(2,3)4/h5-7,11H,8-9H2,1-4H3,(H,17,20)(H,18,19). The molecule has 1 rings (SSSR count). The topological polar surface area (TPSA) is 79.3 Å². The normalized spacial score (nSPS) is 12.8. The van der Waals surface area contributed by atoms with Gasteiger partial charge in [-0.15, -0.1) is 0 Å². The Bertz CT molecular complexity index is 492. The predicted molar refractivity (Wildman–Crippen MR) is 76.6 cm³/mol. The van der Waals surface area contributed by atoms with Gasteiger partial charge >= 0.3 is 5.97 Å². The molecule has 1 unspecified atom stereocenters. The van der Waals surface area contributed by atoms with Crippen molar-refractivity contribution in [1.29, 1.82) is 0 Å². The van der Waals surface area contributed by atoms with Gasteiger partial charge in [0, 0.05) is 11.7 Å². The summed E-state index contributed by atoms with van der Waals surface area (Å²) in [7, 11) is 0. The monoisotopic (exact) mass is 278 g/mol. The van der Waals surface area contributed by atoms with E-state index in [0.717, 1.165) is 5.69 Å². The summed E-state index contributed by atoms with van der Waals surface area (Å²) in [6, 6.07) is 4.79. The summed E-state index contributed by atoms with van der Waals surface area (Å²) in [6.45, 7) is 7.84. The van der Waals surface area contributed by atoms with E-state index < -0.39 is 12.0 Å². The van der Waals surface area contributed by atoms with Crippen LogP contribution in [0.4, 0.5) is 0 Å². The summed E-state index contributed by atoms with van der Waals surface area (Å²) in [5.74, 6) is -1.25. The molecule has 5 nitrogen and oxygen atoms in total. The SMILES string of the molecule is Cc1cccc(C(=O)NC(CC(=O)O)CC(C)(C)C)n1. The molecule has 0 saturated carbocycles. The first-order valence-corrected chi connectivity index (χ1v) is 6.64. The van der Waals surface area contributed by atoms with Gasteiger partial charge in [0.25, 0.3) is 5.91 Å². The van der Waals surface area contributed by atoms with Gasteiger partial charge in [-0.1, -0.05) is 26.8 Å². The third kappa shape index (κ3) is 5.82. The van der Waals surface area contributed by atoms with E-state index in [-0.39, 0.29) is 17.7 Å². The van der Waals surface area contributed by atoms with E-state index in [9.17, 15) is 9.59 Å². The molecule has 110 valence electrons. The minimum absolute atomic E-state index is 0.0621. The zero-order valence-electron chi connectivity index (χ0n) is 12.4. The summed E-state index contributed by atoms with van der Waals surface area (Å²) < 4.78 is 0. The average molecular weight is 278 g/mol. The van der Waals surface area contributed by atoms with E-state index in [1.54, 1.807) is 25.1 Å². The molecule has 5 heteroatoms. The highest BCUT2D eigenvalue weighted by Crippen LogP contribution is 2.22. The van der Waals surface area contributed by atoms with Crippen molar-refractivity contribution in [3.05, 3.63) is 29.6 Å². The molecule has 1 aromatic rings. The van der Waals surface area contributed by atoms with E-state index in [2.05, 4.69) is 10.3 Å². The number of aryl methyl sites for hydroxylation is 1. The fourth-order valence-corrected chi connectivity index (χ4v) is 2.05. The number of rotatable bonds is 5. The highest BCUT2D eigenvalue weighted by Gasteiger charge is 2.23. The number of aromatic nitrogens is 1. The summed E-state index contributed by atoms with van der Waals surface area (Å²) in [4.78, 5) is 27.2. The van der Waals surface area contributed by atoms with Gasteiger partial charge < -0.3 is 10.4 Å². The molecule has 0 bridgehead atoms. The van der Waals surface area contributed by atoms with Gasteiger partial charge in [0.05, 0.1) is 6.42 Å². The van der Waals surface area contributed by atoms with Crippen LogP contribution in [-0.4, -0.2) is 28.0 Å². The number of carbonyl (C=O) groups excluding carboxylic acids is 1. The van der Waals surface area contributed by atoms with E-state index >= 15 is 0 Å². The minimum Gasteiger partial charge on any atom is -0.481 e. The number of carboxylic acids is 1. The van der Waals surface area contributed by atoms with Crippen molar-refractivity contribution in [2.45, 2.75) is 46.6 Å². The lowest BCUT2D eigenvalue weighted by molar-refractivity contribution is -0.137. The Morgan fingerprint density at radius 3 is 2.50 bits per heavy atom. The maximum atomic E-state index is 12.1. The Balaban J connectivity index is 2.78. The number of amides is 1. The van der Waals surface area contributed by atoms with Gasteiger partial charge in [0.1, 0.15) is 5.69 Å². The van der Waals surface area contributed by atoms with Crippen molar-refractivity contribution in [2.75, 3.05) is 0 Å². The van der Waals surface area contributed by atoms with Crippen LogP contribution in [0.1, 0.15) is 49.8 Å². The van der Waals surface area contributed by atoms with E-state index in [1.165, 1.54) is 0 Å². The number of pyridine rings is 1. The minimum atomic E-state index is -0.920. The molecule has 1 aromatic heterocycles. The Morgan fingerprint density at radius 1 is 1.35 bits per heavy atom. The average Bonchev–Trinajstić information content (AvgIpc) is 2.25. The molecule has 1 heterocycles. The lowest BCUT2D eigenvalue weighted by atomic mass is 9.87. The summed E-state index contributed by atoms with van der Waals surface area (Å²) in [5.41, 5.74) is 1.01. The summed E-state index contributed by atoms with van der Waals surface area (Å²) >= 11 is 0. The molecular weight excluding hydrogens is 256 g/mol. The van der Waals surface area contributed by atoms with Gasteiger partial charge in [0.2, 0.25) is 0 Å². The largest absolute Gasteiger partial charge is 0.481 e. The van der Waals surface area contributed by atoms with Gasteiger partial charge in [-0.25, -0.2) is 4.98 Å². The van der Waals surface area contributed by atoms with E-state index in [1.807, 2.05) is 20.8 Å². The van der Waals surface area contributed by atoms with Crippen molar-refractivity contribution < 1.29 is 14.7 Å². The molecule has 0 aliphatic carbocycles. The van der Waals surface area contributed by atoms with Crippen LogP contribution in [0.2, 0.25) is 0 Å². The summed E-state index contributed by atoms with van der Waals surface area (Å²) in [6.07, 6.45) is 0.506. The molecule has 0 fully saturated rings. The second-order valence-corrected chi connectivity index (χ2v) is 6.20. The van der Waals surface area contributed by atoms with Crippen molar-refractivity contribution in [1.82, 2.24) is 10.3 Å². The number of nitrogens with one attached hydrogen (secondary N) is 1. The molecule has 1 amide bonds. The van der Waals surface area contributed by atoms with E-state index in [4.69, 9.17) is 5.11 Å². The second-order valence-electron chi connectivity index (χ2n) is 6.20. The fourth-order valence-electron chi connectivity index (χ4n) is 2.05. The van der Waals surface area contributed by atoms with Crippen LogP contribution in [0, 0.1) is 12.3 Å². The lowest BCUT2D eigenvalue weighted by Gasteiger charge is -2.25. The molecular formula is C15H22N2O3. The Hall–Kier alpha value is -1.91. The van der Waals surface area contributed by atoms with Crippen LogP contribution in [-0.2, 0) is 4.79 Å². The molecule has 0 aliphatic heterocycles. The third-order valence-electron chi connectivity index (χ3n) is 2.74. The highest BCUT2D eigenvalue weighted by molar-refractivity contribution is 5.92. The molecule has 0 spiro atoms. The lowest BCUT2D eigenvalue weighted by Crippen LogP contribution is -2.39. The maximum absolute atomic E-state index is 12.1. The Kier molecular flexibility index (Phi) is 5.25. The van der Waals surface area contributed by atoms with Crippen LogP contribution < -0.4 is 5.32 Å². The van der Waals surface area contributed by atoms with Crippen molar-refractivity contribution in [2.24, 2.45) is 5.41 Å². The smallest absolute Gasteiger partial charge is 0.305 e. The van der Waals surface area contributed by atoms with Crippen LogP contribution in [0.5, 0.6) is 0 Å². The van der Waals surface area contributed by atoms with Crippen LogP contribution in [0.25, 0.3) is 0 Å². The maximum Gasteiger partial charge on any atom is 0.305 e. The van der Waals surface area contributed by atoms with Crippen molar-refractivity contribution in [3.8, 4) is 0 Å². The van der Waals surface area contributed by atoms with Gasteiger partial charge in [0.15, 0.2) is 0 Å².